The zero-order valence-electron chi connectivity index (χ0n) is 25.4. The Bertz CT molecular complexity index is 2300. The predicted molar refractivity (Wildman–Crippen MR) is 187 cm³/mol. The fourth-order valence-corrected chi connectivity index (χ4v) is 7.19. The van der Waals surface area contributed by atoms with E-state index < -0.39 is 9.84 Å². The van der Waals surface area contributed by atoms with E-state index in [9.17, 15) is 8.42 Å². The zero-order valence-corrected chi connectivity index (χ0v) is 26.2. The molecule has 0 unspecified atom stereocenters. The molecule has 5 nitrogen and oxygen atoms in total. The molecular formula is C40H31NO4S. The smallest absolute Gasteiger partial charge is 0.206 e. The minimum atomic E-state index is -3.54. The number of hydrogen-bond donors (Lipinski definition) is 0. The Hall–Kier alpha value is -5.59. The predicted octanol–water partition coefficient (Wildman–Crippen LogP) is 9.47. The van der Waals surface area contributed by atoms with E-state index in [1.807, 2.05) is 30.3 Å². The van der Waals surface area contributed by atoms with Crippen LogP contribution in [0.2, 0.25) is 0 Å². The van der Waals surface area contributed by atoms with Crippen LogP contribution in [-0.4, -0.2) is 27.2 Å². The molecule has 0 aliphatic heterocycles. The van der Waals surface area contributed by atoms with E-state index in [0.29, 0.717) is 16.4 Å². The highest BCUT2D eigenvalue weighted by Gasteiger charge is 2.19. The Kier molecular flexibility index (Phi) is 7.64. The van der Waals surface area contributed by atoms with Crippen LogP contribution < -0.4 is 9.47 Å². The molecule has 7 aromatic rings. The summed E-state index contributed by atoms with van der Waals surface area (Å²) in [6.07, 6.45) is 4.18. The average molecular weight is 622 g/mol. The Morgan fingerprint density at radius 2 is 1.11 bits per heavy atom. The molecule has 6 aromatic carbocycles. The summed E-state index contributed by atoms with van der Waals surface area (Å²) < 4.78 is 39.5. The van der Waals surface area contributed by atoms with Crippen LogP contribution >= 0.6 is 0 Å². The van der Waals surface area contributed by atoms with Gasteiger partial charge in [-0.3, -0.25) is 0 Å². The number of fused-ring (bicyclic) bond motifs is 3. The molecule has 226 valence electrons. The Balaban J connectivity index is 1.12. The lowest BCUT2D eigenvalue weighted by molar-refractivity contribution is 0.358. The summed E-state index contributed by atoms with van der Waals surface area (Å²) in [4.78, 5) is 0.575. The number of para-hydroxylation sites is 1. The summed E-state index contributed by atoms with van der Waals surface area (Å²) in [6.45, 7) is 0. The van der Waals surface area contributed by atoms with Gasteiger partial charge in [-0.2, -0.15) is 0 Å². The van der Waals surface area contributed by atoms with Gasteiger partial charge in [0.05, 0.1) is 29.5 Å². The number of rotatable bonds is 8. The molecule has 0 spiro atoms. The molecule has 0 saturated heterocycles. The van der Waals surface area contributed by atoms with Crippen molar-refractivity contribution in [3.8, 4) is 28.3 Å². The van der Waals surface area contributed by atoms with E-state index in [1.54, 1.807) is 56.7 Å². The standard InChI is InChI=1S/C40H31NO4S/c1-44-38-27-26-36-35-10-6-7-11-37(35)41(39(36)40(38)45-2)32-22-16-29(17-23-32)13-12-28-14-18-30(19-15-28)31-20-24-34(25-21-31)46(42,43)33-8-4-3-5-9-33/h3-27H,1-2H3. The molecule has 0 radical (unpaired) electrons. The van der Waals surface area contributed by atoms with E-state index in [1.165, 1.54) is 0 Å². The Morgan fingerprint density at radius 1 is 0.543 bits per heavy atom. The van der Waals surface area contributed by atoms with Crippen LogP contribution in [0, 0.1) is 0 Å². The first-order valence-electron chi connectivity index (χ1n) is 14.9. The lowest BCUT2D eigenvalue weighted by atomic mass is 10.0. The molecule has 0 aliphatic carbocycles. The quantitative estimate of drug-likeness (QED) is 0.159. The third kappa shape index (κ3) is 5.23. The fourth-order valence-electron chi connectivity index (χ4n) is 5.91. The van der Waals surface area contributed by atoms with Crippen LogP contribution in [-0.2, 0) is 9.84 Å². The normalized spacial score (nSPS) is 11.8. The van der Waals surface area contributed by atoms with Crippen molar-refractivity contribution in [3.05, 3.63) is 151 Å². The van der Waals surface area contributed by atoms with Gasteiger partial charge in [-0.05, 0) is 76.9 Å². The minimum Gasteiger partial charge on any atom is -0.493 e. The second-order valence-corrected chi connectivity index (χ2v) is 12.9. The summed E-state index contributed by atoms with van der Waals surface area (Å²) >= 11 is 0. The van der Waals surface area contributed by atoms with E-state index in [0.717, 1.165) is 49.7 Å². The second-order valence-electron chi connectivity index (χ2n) is 10.9. The van der Waals surface area contributed by atoms with Crippen molar-refractivity contribution in [3.63, 3.8) is 0 Å². The Morgan fingerprint density at radius 3 is 1.74 bits per heavy atom. The van der Waals surface area contributed by atoms with Crippen molar-refractivity contribution in [1.29, 1.82) is 0 Å². The second kappa shape index (κ2) is 12.1. The first kappa shape index (κ1) is 29.1. The van der Waals surface area contributed by atoms with E-state index in [2.05, 4.69) is 83.4 Å². The monoisotopic (exact) mass is 621 g/mol. The summed E-state index contributed by atoms with van der Waals surface area (Å²) in [7, 11) is -0.208. The largest absolute Gasteiger partial charge is 0.493 e. The van der Waals surface area contributed by atoms with Gasteiger partial charge >= 0.3 is 0 Å². The number of methoxy groups -OCH3 is 2. The highest BCUT2D eigenvalue weighted by atomic mass is 32.2. The molecule has 0 bridgehead atoms. The number of nitrogens with zero attached hydrogens (tertiary/aromatic N) is 1. The van der Waals surface area contributed by atoms with Crippen molar-refractivity contribution in [2.75, 3.05) is 14.2 Å². The maximum atomic E-state index is 12.9. The maximum Gasteiger partial charge on any atom is 0.206 e. The number of aromatic nitrogens is 1. The van der Waals surface area contributed by atoms with Gasteiger partial charge in [0.1, 0.15) is 5.52 Å². The van der Waals surface area contributed by atoms with E-state index in [4.69, 9.17) is 9.47 Å². The van der Waals surface area contributed by atoms with Crippen molar-refractivity contribution in [2.24, 2.45) is 0 Å². The molecule has 0 fully saturated rings. The first-order valence-corrected chi connectivity index (χ1v) is 16.4. The minimum absolute atomic E-state index is 0.282. The fraction of sp³-hybridized carbons (Fsp3) is 0.0500. The van der Waals surface area contributed by atoms with Crippen LogP contribution in [0.3, 0.4) is 0 Å². The molecular weight excluding hydrogens is 591 g/mol. The van der Waals surface area contributed by atoms with Gasteiger partial charge in [0.15, 0.2) is 11.5 Å². The van der Waals surface area contributed by atoms with Gasteiger partial charge in [0.2, 0.25) is 9.84 Å². The van der Waals surface area contributed by atoms with E-state index in [-0.39, 0.29) is 4.90 Å². The number of ether oxygens (including phenoxy) is 2. The molecule has 46 heavy (non-hydrogen) atoms. The van der Waals surface area contributed by atoms with E-state index >= 15 is 0 Å². The highest BCUT2D eigenvalue weighted by molar-refractivity contribution is 7.91. The van der Waals surface area contributed by atoms with Crippen molar-refractivity contribution in [1.82, 2.24) is 4.57 Å². The lowest BCUT2D eigenvalue weighted by Gasteiger charge is -2.13. The lowest BCUT2D eigenvalue weighted by Crippen LogP contribution is -2.01. The van der Waals surface area contributed by atoms with Gasteiger partial charge in [0.25, 0.3) is 0 Å². The van der Waals surface area contributed by atoms with Crippen LogP contribution in [0.4, 0.5) is 0 Å². The molecule has 0 atom stereocenters. The summed E-state index contributed by atoms with van der Waals surface area (Å²) in [5, 5.41) is 2.26. The highest BCUT2D eigenvalue weighted by Crippen LogP contribution is 2.42. The maximum absolute atomic E-state index is 12.9. The van der Waals surface area contributed by atoms with Crippen LogP contribution in [0.15, 0.2) is 149 Å². The SMILES string of the molecule is COc1ccc2c3ccccc3n(-c3ccc(C=Cc4ccc(-c5ccc(S(=O)(=O)c6ccccc6)cc5)cc4)cc3)c2c1OC. The molecule has 0 saturated carbocycles. The molecule has 1 aromatic heterocycles. The Labute approximate surface area is 268 Å². The van der Waals surface area contributed by atoms with Crippen LogP contribution in [0.1, 0.15) is 11.1 Å². The van der Waals surface area contributed by atoms with Gasteiger partial charge in [-0.1, -0.05) is 97.1 Å². The number of benzene rings is 6. The summed E-state index contributed by atoms with van der Waals surface area (Å²) in [6, 6.07) is 44.6. The first-order chi connectivity index (χ1) is 22.5. The van der Waals surface area contributed by atoms with Gasteiger partial charge in [-0.25, -0.2) is 8.42 Å². The van der Waals surface area contributed by atoms with Crippen molar-refractivity contribution in [2.45, 2.75) is 9.79 Å². The van der Waals surface area contributed by atoms with Crippen molar-refractivity contribution < 1.29 is 17.9 Å². The van der Waals surface area contributed by atoms with Crippen LogP contribution in [0.5, 0.6) is 11.5 Å². The summed E-state index contributed by atoms with van der Waals surface area (Å²) in [5.41, 5.74) is 7.21. The van der Waals surface area contributed by atoms with Crippen molar-refractivity contribution >= 4 is 43.8 Å². The summed E-state index contributed by atoms with van der Waals surface area (Å²) in [5.74, 6) is 1.40. The van der Waals surface area contributed by atoms with Gasteiger partial charge in [-0.15, -0.1) is 0 Å². The third-order valence-corrected chi connectivity index (χ3v) is 10.0. The average Bonchev–Trinajstić information content (AvgIpc) is 3.45. The molecule has 7 rings (SSSR count). The molecule has 0 amide bonds. The van der Waals surface area contributed by atoms with Gasteiger partial charge < -0.3 is 14.0 Å². The molecule has 1 heterocycles. The van der Waals surface area contributed by atoms with Crippen LogP contribution in [0.25, 0.3) is 50.8 Å². The van der Waals surface area contributed by atoms with Gasteiger partial charge in [0, 0.05) is 16.5 Å². The third-order valence-electron chi connectivity index (χ3n) is 8.26. The topological polar surface area (TPSA) is 57.5 Å². The number of hydrogen-bond acceptors (Lipinski definition) is 4. The molecule has 6 heteroatoms. The molecule has 0 N–H and O–H groups in total. The number of sulfone groups is 1. The molecule has 0 aliphatic rings. The zero-order chi connectivity index (χ0) is 31.7.